The number of aliphatic hydroxyl groups is 1. The molecule has 0 aromatic heterocycles. The Morgan fingerprint density at radius 3 is 2.04 bits per heavy atom. The minimum absolute atomic E-state index is 0.00706. The second kappa shape index (κ2) is 11.4. The van der Waals surface area contributed by atoms with Crippen molar-refractivity contribution >= 4 is 11.9 Å². The summed E-state index contributed by atoms with van der Waals surface area (Å²) in [6.07, 6.45) is 6.41. The highest BCUT2D eigenvalue weighted by atomic mass is 16.5. The van der Waals surface area contributed by atoms with Crippen molar-refractivity contribution in [1.82, 2.24) is 0 Å². The third kappa shape index (κ3) is 8.35. The molecule has 1 aliphatic rings. The number of esters is 2. The first-order chi connectivity index (χ1) is 11.1. The zero-order valence-corrected chi connectivity index (χ0v) is 14.6. The van der Waals surface area contributed by atoms with Gasteiger partial charge in [0.05, 0.1) is 19.3 Å². The summed E-state index contributed by atoms with van der Waals surface area (Å²) in [5, 5.41) is 10.2. The monoisotopic (exact) mass is 328 g/mol. The highest BCUT2D eigenvalue weighted by Gasteiger charge is 2.30. The van der Waals surface area contributed by atoms with Crippen molar-refractivity contribution in [2.75, 3.05) is 13.2 Å². The molecule has 0 radical (unpaired) electrons. The predicted octanol–water partition coefficient (Wildman–Crippen LogP) is 3.23. The van der Waals surface area contributed by atoms with Gasteiger partial charge in [-0.15, -0.1) is 0 Å². The lowest BCUT2D eigenvalue weighted by Gasteiger charge is -2.32. The van der Waals surface area contributed by atoms with Crippen molar-refractivity contribution in [2.45, 2.75) is 77.7 Å². The molecule has 1 N–H and O–H groups in total. The zero-order chi connectivity index (χ0) is 17.1. The minimum Gasteiger partial charge on any atom is -0.465 e. The van der Waals surface area contributed by atoms with E-state index in [1.165, 1.54) is 0 Å². The summed E-state index contributed by atoms with van der Waals surface area (Å²) < 4.78 is 10.5. The molecule has 1 rings (SSSR count). The van der Waals surface area contributed by atoms with Crippen molar-refractivity contribution in [3.05, 3.63) is 0 Å². The van der Waals surface area contributed by atoms with E-state index in [0.717, 1.165) is 38.5 Å². The summed E-state index contributed by atoms with van der Waals surface area (Å²) in [6, 6.07) is 0. The fourth-order valence-corrected chi connectivity index (χ4v) is 2.84. The van der Waals surface area contributed by atoms with E-state index in [4.69, 9.17) is 9.47 Å². The summed E-state index contributed by atoms with van der Waals surface area (Å²) in [6.45, 7) is 4.77. The van der Waals surface area contributed by atoms with Gasteiger partial charge in [-0.05, 0) is 38.0 Å². The van der Waals surface area contributed by atoms with Gasteiger partial charge in [-0.3, -0.25) is 9.59 Å². The third-order valence-corrected chi connectivity index (χ3v) is 4.47. The van der Waals surface area contributed by atoms with Crippen LogP contribution in [-0.4, -0.2) is 36.4 Å². The first-order valence-corrected chi connectivity index (χ1v) is 9.06. The van der Waals surface area contributed by atoms with E-state index in [-0.39, 0.29) is 23.8 Å². The summed E-state index contributed by atoms with van der Waals surface area (Å²) in [5.41, 5.74) is 0. The van der Waals surface area contributed by atoms with Crippen LogP contribution in [0.3, 0.4) is 0 Å². The maximum absolute atomic E-state index is 11.5. The molecule has 0 amide bonds. The molecule has 1 fully saturated rings. The van der Waals surface area contributed by atoms with Crippen LogP contribution in [0.2, 0.25) is 0 Å². The molecule has 3 unspecified atom stereocenters. The lowest BCUT2D eigenvalue weighted by atomic mass is 9.80. The maximum atomic E-state index is 11.5. The Morgan fingerprint density at radius 1 is 0.957 bits per heavy atom. The Kier molecular flexibility index (Phi) is 9.92. The lowest BCUT2D eigenvalue weighted by molar-refractivity contribution is -0.150. The predicted molar refractivity (Wildman–Crippen MR) is 87.8 cm³/mol. The van der Waals surface area contributed by atoms with Crippen LogP contribution >= 0.6 is 0 Å². The molecule has 0 heterocycles. The van der Waals surface area contributed by atoms with Crippen molar-refractivity contribution < 1.29 is 24.2 Å². The maximum Gasteiger partial charge on any atom is 0.305 e. The zero-order valence-electron chi connectivity index (χ0n) is 14.6. The van der Waals surface area contributed by atoms with E-state index in [1.54, 1.807) is 0 Å². The lowest BCUT2D eigenvalue weighted by Crippen LogP contribution is -2.34. The smallest absolute Gasteiger partial charge is 0.305 e. The van der Waals surface area contributed by atoms with Crippen LogP contribution in [0.25, 0.3) is 0 Å². The average molecular weight is 328 g/mol. The second-order valence-corrected chi connectivity index (χ2v) is 6.58. The highest BCUT2D eigenvalue weighted by molar-refractivity contribution is 5.69. The molecule has 0 bridgehead atoms. The van der Waals surface area contributed by atoms with Crippen LogP contribution < -0.4 is 0 Å². The first kappa shape index (κ1) is 19.9. The van der Waals surface area contributed by atoms with Gasteiger partial charge in [0, 0.05) is 18.8 Å². The number of hydrogen-bond donors (Lipinski definition) is 1. The molecule has 0 saturated heterocycles. The molecule has 0 aromatic carbocycles. The first-order valence-electron chi connectivity index (χ1n) is 9.06. The molecule has 0 aromatic rings. The minimum atomic E-state index is -0.484. The number of carbonyl (C=O) groups is 2. The molecule has 0 aliphatic heterocycles. The Labute approximate surface area is 139 Å². The van der Waals surface area contributed by atoms with Crippen molar-refractivity contribution in [3.8, 4) is 0 Å². The number of unbranched alkanes of at least 4 members (excludes halogenated alkanes) is 2. The largest absolute Gasteiger partial charge is 0.465 e. The third-order valence-electron chi connectivity index (χ3n) is 4.47. The Balaban J connectivity index is 2.20. The van der Waals surface area contributed by atoms with Gasteiger partial charge in [-0.25, -0.2) is 0 Å². The quantitative estimate of drug-likeness (QED) is 0.623. The number of ether oxygens (including phenoxy) is 2. The Hall–Kier alpha value is -1.10. The molecule has 1 saturated carbocycles. The number of aliphatic hydroxyl groups excluding tert-OH is 1. The fraction of sp³-hybridized carbons (Fsp3) is 0.889. The average Bonchev–Trinajstić information content (AvgIpc) is 2.55. The molecule has 0 spiro atoms. The van der Waals surface area contributed by atoms with Crippen molar-refractivity contribution in [3.63, 3.8) is 0 Å². The molecule has 5 nitrogen and oxygen atoms in total. The van der Waals surface area contributed by atoms with E-state index >= 15 is 0 Å². The topological polar surface area (TPSA) is 72.8 Å². The van der Waals surface area contributed by atoms with Crippen LogP contribution in [-0.2, 0) is 19.1 Å². The number of carbonyl (C=O) groups excluding carboxylic acids is 2. The summed E-state index contributed by atoms with van der Waals surface area (Å²) in [7, 11) is 0. The van der Waals surface area contributed by atoms with Gasteiger partial charge < -0.3 is 14.6 Å². The van der Waals surface area contributed by atoms with Crippen molar-refractivity contribution in [2.24, 2.45) is 11.8 Å². The molecular weight excluding hydrogens is 296 g/mol. The molecule has 5 heteroatoms. The van der Waals surface area contributed by atoms with E-state index in [2.05, 4.69) is 0 Å². The Morgan fingerprint density at radius 2 is 1.52 bits per heavy atom. The molecule has 134 valence electrons. The molecule has 3 atom stereocenters. The molecule has 23 heavy (non-hydrogen) atoms. The van der Waals surface area contributed by atoms with E-state index in [9.17, 15) is 14.7 Å². The van der Waals surface area contributed by atoms with Crippen LogP contribution in [0.15, 0.2) is 0 Å². The summed E-state index contributed by atoms with van der Waals surface area (Å²) in [5.74, 6) is -0.102. The van der Waals surface area contributed by atoms with Gasteiger partial charge in [0.25, 0.3) is 0 Å². The van der Waals surface area contributed by atoms with Gasteiger partial charge in [-0.2, -0.15) is 0 Å². The standard InChI is InChI=1S/C18H32O5/c1-3-5-7-17(20)22-12-14-9-10-15(16(19)11-14)13-23-18(21)8-6-4-2/h14-16,19H,3-13H2,1-2H3. The SMILES string of the molecule is CCCCC(=O)OCC1CCC(COC(=O)CCCC)C(O)C1. The van der Waals surface area contributed by atoms with Gasteiger partial charge in [0.2, 0.25) is 0 Å². The second-order valence-electron chi connectivity index (χ2n) is 6.58. The van der Waals surface area contributed by atoms with Gasteiger partial charge in [0.1, 0.15) is 0 Å². The van der Waals surface area contributed by atoms with Gasteiger partial charge >= 0.3 is 11.9 Å². The Bertz CT molecular complexity index is 355. The van der Waals surface area contributed by atoms with Crippen LogP contribution in [0, 0.1) is 11.8 Å². The number of rotatable bonds is 10. The van der Waals surface area contributed by atoms with E-state index in [0.29, 0.717) is 32.5 Å². The summed E-state index contributed by atoms with van der Waals surface area (Å²) >= 11 is 0. The van der Waals surface area contributed by atoms with Crippen LogP contribution in [0.5, 0.6) is 0 Å². The fourth-order valence-electron chi connectivity index (χ4n) is 2.84. The van der Waals surface area contributed by atoms with E-state index in [1.807, 2.05) is 13.8 Å². The molecular formula is C18H32O5. The van der Waals surface area contributed by atoms with Crippen molar-refractivity contribution in [1.29, 1.82) is 0 Å². The number of hydrogen-bond acceptors (Lipinski definition) is 5. The van der Waals surface area contributed by atoms with Crippen LogP contribution in [0.4, 0.5) is 0 Å². The summed E-state index contributed by atoms with van der Waals surface area (Å²) in [4.78, 5) is 23.0. The van der Waals surface area contributed by atoms with Gasteiger partial charge in [-0.1, -0.05) is 26.7 Å². The van der Waals surface area contributed by atoms with Crippen LogP contribution in [0.1, 0.15) is 71.6 Å². The highest BCUT2D eigenvalue weighted by Crippen LogP contribution is 2.30. The van der Waals surface area contributed by atoms with Gasteiger partial charge in [0.15, 0.2) is 0 Å². The molecule has 1 aliphatic carbocycles. The van der Waals surface area contributed by atoms with E-state index < -0.39 is 6.10 Å². The normalized spacial score (nSPS) is 24.2.